The van der Waals surface area contributed by atoms with Crippen LogP contribution < -0.4 is 11.1 Å². The molecule has 4 N–H and O–H groups in total. The molecule has 1 aliphatic carbocycles. The fourth-order valence-corrected chi connectivity index (χ4v) is 2.18. The molecule has 88 valence electrons. The number of nitrogens with two attached hydrogens (primary N) is 1. The number of hydrogen-bond donors (Lipinski definition) is 3. The number of nitrogens with one attached hydrogen (secondary N) is 2. The molecule has 2 rings (SSSR count). The van der Waals surface area contributed by atoms with Crippen molar-refractivity contribution in [3.8, 4) is 0 Å². The molecule has 7 heteroatoms. The highest BCUT2D eigenvalue weighted by atomic mass is 32.2. The Hall–Kier alpha value is -1.08. The number of carbonyl (C=O) groups excluding carboxylic acids is 1. The van der Waals surface area contributed by atoms with E-state index in [9.17, 15) is 4.79 Å². The highest BCUT2D eigenvalue weighted by molar-refractivity contribution is 7.99. The second-order valence-electron chi connectivity index (χ2n) is 3.91. The number of primary amides is 1. The first kappa shape index (κ1) is 11.4. The molecule has 16 heavy (non-hydrogen) atoms. The fraction of sp³-hybridized carbons (Fsp3) is 0.667. The summed E-state index contributed by atoms with van der Waals surface area (Å²) in [5, 5.41) is 10.6. The number of aromatic nitrogens is 3. The van der Waals surface area contributed by atoms with Gasteiger partial charge in [-0.3, -0.25) is 9.89 Å². The lowest BCUT2D eigenvalue weighted by atomic mass is 10.3. The van der Waals surface area contributed by atoms with Crippen molar-refractivity contribution in [1.82, 2.24) is 20.5 Å². The third-order valence-electron chi connectivity index (χ3n) is 2.31. The van der Waals surface area contributed by atoms with Gasteiger partial charge in [0.25, 0.3) is 0 Å². The SMILES string of the molecule is Cc1nc(SCC(NC2CC2)C(N)=O)n[nH]1. The molecule has 1 amide bonds. The summed E-state index contributed by atoms with van der Waals surface area (Å²) in [6, 6.07) is 0.170. The van der Waals surface area contributed by atoms with Crippen LogP contribution in [0.1, 0.15) is 18.7 Å². The Kier molecular flexibility index (Phi) is 3.45. The van der Waals surface area contributed by atoms with Crippen LogP contribution in [0.3, 0.4) is 0 Å². The molecule has 1 aromatic heterocycles. The monoisotopic (exact) mass is 241 g/mol. The molecule has 1 aliphatic rings. The summed E-state index contributed by atoms with van der Waals surface area (Å²) in [5.41, 5.74) is 5.32. The maximum atomic E-state index is 11.2. The molecule has 0 spiro atoms. The molecular weight excluding hydrogens is 226 g/mol. The molecule has 0 saturated heterocycles. The van der Waals surface area contributed by atoms with E-state index in [0.717, 1.165) is 18.7 Å². The molecule has 1 fully saturated rings. The second-order valence-corrected chi connectivity index (χ2v) is 4.90. The van der Waals surface area contributed by atoms with Crippen molar-refractivity contribution >= 4 is 17.7 Å². The summed E-state index contributed by atoms with van der Waals surface area (Å²) in [4.78, 5) is 15.3. The van der Waals surface area contributed by atoms with E-state index in [1.807, 2.05) is 6.92 Å². The maximum absolute atomic E-state index is 11.2. The van der Waals surface area contributed by atoms with Crippen LogP contribution in [0.2, 0.25) is 0 Å². The number of aromatic amines is 1. The number of aryl methyl sites for hydroxylation is 1. The Labute approximate surface area is 97.8 Å². The van der Waals surface area contributed by atoms with E-state index in [4.69, 9.17) is 5.73 Å². The Balaban J connectivity index is 1.83. The van der Waals surface area contributed by atoms with Gasteiger partial charge in [0.1, 0.15) is 5.82 Å². The van der Waals surface area contributed by atoms with Gasteiger partial charge in [0.2, 0.25) is 11.1 Å². The fourth-order valence-electron chi connectivity index (χ4n) is 1.29. The van der Waals surface area contributed by atoms with Crippen LogP contribution in [0, 0.1) is 6.92 Å². The van der Waals surface area contributed by atoms with Crippen LogP contribution >= 0.6 is 11.8 Å². The molecule has 1 unspecified atom stereocenters. The first-order chi connectivity index (χ1) is 7.65. The molecule has 6 nitrogen and oxygen atoms in total. The summed E-state index contributed by atoms with van der Waals surface area (Å²) >= 11 is 1.43. The molecule has 1 saturated carbocycles. The summed E-state index contributed by atoms with van der Waals surface area (Å²) in [5.74, 6) is 1.03. The van der Waals surface area contributed by atoms with E-state index < -0.39 is 0 Å². The van der Waals surface area contributed by atoms with Crippen LogP contribution in [0.5, 0.6) is 0 Å². The van der Waals surface area contributed by atoms with Crippen molar-refractivity contribution in [2.24, 2.45) is 5.73 Å². The van der Waals surface area contributed by atoms with Crippen molar-refractivity contribution in [2.45, 2.75) is 37.0 Å². The van der Waals surface area contributed by atoms with E-state index in [1.165, 1.54) is 11.8 Å². The van der Waals surface area contributed by atoms with Crippen molar-refractivity contribution in [3.63, 3.8) is 0 Å². The van der Waals surface area contributed by atoms with Crippen LogP contribution in [-0.4, -0.2) is 38.9 Å². The first-order valence-corrected chi connectivity index (χ1v) is 6.21. The van der Waals surface area contributed by atoms with Crippen molar-refractivity contribution in [3.05, 3.63) is 5.82 Å². The van der Waals surface area contributed by atoms with Gasteiger partial charge in [-0.2, -0.15) is 0 Å². The zero-order chi connectivity index (χ0) is 11.5. The number of nitrogens with zero attached hydrogens (tertiary/aromatic N) is 2. The van der Waals surface area contributed by atoms with Crippen molar-refractivity contribution in [1.29, 1.82) is 0 Å². The number of H-pyrrole nitrogens is 1. The predicted octanol–water partition coefficient (Wildman–Crippen LogP) is -0.189. The minimum Gasteiger partial charge on any atom is -0.368 e. The standard InChI is InChI=1S/C9H15N5OS/c1-5-11-9(14-13-5)16-4-7(8(10)15)12-6-2-3-6/h6-7,12H,2-4H2,1H3,(H2,10,15)(H,11,13,14). The van der Waals surface area contributed by atoms with E-state index in [1.54, 1.807) is 0 Å². The van der Waals surface area contributed by atoms with Crippen LogP contribution in [0.4, 0.5) is 0 Å². The number of hydrogen-bond acceptors (Lipinski definition) is 5. The average molecular weight is 241 g/mol. The molecule has 1 aromatic rings. The normalized spacial score (nSPS) is 17.3. The maximum Gasteiger partial charge on any atom is 0.235 e. The minimum atomic E-state index is -0.313. The lowest BCUT2D eigenvalue weighted by molar-refractivity contribution is -0.119. The van der Waals surface area contributed by atoms with Crippen LogP contribution in [0.25, 0.3) is 0 Å². The van der Waals surface area contributed by atoms with Crippen LogP contribution in [0.15, 0.2) is 5.16 Å². The van der Waals surface area contributed by atoms with Crippen LogP contribution in [-0.2, 0) is 4.79 Å². The van der Waals surface area contributed by atoms with E-state index in [-0.39, 0.29) is 11.9 Å². The third kappa shape index (κ3) is 3.21. The third-order valence-corrected chi connectivity index (χ3v) is 3.25. The quantitative estimate of drug-likeness (QED) is 0.600. The summed E-state index contributed by atoms with van der Waals surface area (Å²) < 4.78 is 0. The Morgan fingerprint density at radius 1 is 1.75 bits per heavy atom. The summed E-state index contributed by atoms with van der Waals surface area (Å²) in [6.07, 6.45) is 2.27. The van der Waals surface area contributed by atoms with Gasteiger partial charge < -0.3 is 11.1 Å². The lowest BCUT2D eigenvalue weighted by Gasteiger charge is -2.12. The number of carbonyl (C=O) groups is 1. The number of thioether (sulfide) groups is 1. The van der Waals surface area contributed by atoms with Gasteiger partial charge in [0.05, 0.1) is 6.04 Å². The van der Waals surface area contributed by atoms with E-state index in [0.29, 0.717) is 17.0 Å². The minimum absolute atomic E-state index is 0.295. The molecule has 0 bridgehead atoms. The van der Waals surface area contributed by atoms with Gasteiger partial charge in [-0.1, -0.05) is 11.8 Å². The Morgan fingerprint density at radius 3 is 3.00 bits per heavy atom. The zero-order valence-corrected chi connectivity index (χ0v) is 9.88. The van der Waals surface area contributed by atoms with Gasteiger partial charge in [-0.25, -0.2) is 4.98 Å². The topological polar surface area (TPSA) is 96.7 Å². The molecule has 0 radical (unpaired) electrons. The summed E-state index contributed by atoms with van der Waals surface area (Å²) in [7, 11) is 0. The number of amides is 1. The highest BCUT2D eigenvalue weighted by Crippen LogP contribution is 2.21. The van der Waals surface area contributed by atoms with Gasteiger partial charge in [-0.05, 0) is 19.8 Å². The molecular formula is C9H15N5OS. The molecule has 0 aliphatic heterocycles. The smallest absolute Gasteiger partial charge is 0.235 e. The highest BCUT2D eigenvalue weighted by Gasteiger charge is 2.27. The largest absolute Gasteiger partial charge is 0.368 e. The van der Waals surface area contributed by atoms with Crippen molar-refractivity contribution < 1.29 is 4.79 Å². The zero-order valence-electron chi connectivity index (χ0n) is 9.06. The first-order valence-electron chi connectivity index (χ1n) is 5.22. The van der Waals surface area contributed by atoms with Gasteiger partial charge in [0.15, 0.2) is 0 Å². The molecule has 0 aromatic carbocycles. The Bertz CT molecular complexity index is 376. The molecule has 1 atom stereocenters. The van der Waals surface area contributed by atoms with Gasteiger partial charge in [-0.15, -0.1) is 5.10 Å². The average Bonchev–Trinajstić information content (AvgIpc) is 2.95. The van der Waals surface area contributed by atoms with E-state index >= 15 is 0 Å². The lowest BCUT2D eigenvalue weighted by Crippen LogP contribution is -2.44. The second kappa shape index (κ2) is 4.84. The predicted molar refractivity (Wildman–Crippen MR) is 61.0 cm³/mol. The summed E-state index contributed by atoms with van der Waals surface area (Å²) in [6.45, 7) is 1.84. The number of rotatable bonds is 6. The van der Waals surface area contributed by atoms with Gasteiger partial charge in [0, 0.05) is 11.8 Å². The Morgan fingerprint density at radius 2 is 2.50 bits per heavy atom. The van der Waals surface area contributed by atoms with Crippen molar-refractivity contribution in [2.75, 3.05) is 5.75 Å². The molecule has 1 heterocycles. The van der Waals surface area contributed by atoms with E-state index in [2.05, 4.69) is 20.5 Å². The van der Waals surface area contributed by atoms with Gasteiger partial charge >= 0.3 is 0 Å².